The molecule has 0 atom stereocenters. The summed E-state index contributed by atoms with van der Waals surface area (Å²) in [6, 6.07) is 10.2. The molecule has 0 bridgehead atoms. The number of carbonyl (C=O) groups excluding carboxylic acids is 1. The van der Waals surface area contributed by atoms with Gasteiger partial charge in [-0.2, -0.15) is 0 Å². The Labute approximate surface area is 103 Å². The van der Waals surface area contributed by atoms with E-state index in [1.54, 1.807) is 0 Å². The molecule has 0 aliphatic heterocycles. The van der Waals surface area contributed by atoms with Gasteiger partial charge in [-0.05, 0) is 5.56 Å². The van der Waals surface area contributed by atoms with Crippen molar-refractivity contribution in [2.24, 2.45) is 0 Å². The molecule has 1 heterocycles. The van der Waals surface area contributed by atoms with E-state index in [0.29, 0.717) is 0 Å². The van der Waals surface area contributed by atoms with Crippen LogP contribution in [-0.2, 0) is 11.3 Å². The molecule has 5 nitrogen and oxygen atoms in total. The van der Waals surface area contributed by atoms with Crippen molar-refractivity contribution in [3.05, 3.63) is 64.1 Å². The number of ether oxygens (including phenoxy) is 1. The summed E-state index contributed by atoms with van der Waals surface area (Å²) in [6.07, 6.45) is 1.06. The van der Waals surface area contributed by atoms with Crippen molar-refractivity contribution in [2.45, 2.75) is 6.61 Å². The predicted molar refractivity (Wildman–Crippen MR) is 64.3 cm³/mol. The predicted octanol–water partition coefficient (Wildman–Crippen LogP) is 1.44. The summed E-state index contributed by atoms with van der Waals surface area (Å²) < 4.78 is 5.02. The fourth-order valence-corrected chi connectivity index (χ4v) is 1.38. The highest BCUT2D eigenvalue weighted by Crippen LogP contribution is 2.04. The maximum absolute atomic E-state index is 11.6. The summed E-state index contributed by atoms with van der Waals surface area (Å²) in [4.78, 5) is 25.2. The van der Waals surface area contributed by atoms with Crippen LogP contribution >= 0.6 is 0 Å². The molecule has 0 aliphatic carbocycles. The molecule has 0 aliphatic rings. The van der Waals surface area contributed by atoms with Crippen LogP contribution in [0.1, 0.15) is 16.1 Å². The molecule has 18 heavy (non-hydrogen) atoms. The average Bonchev–Trinajstić information content (AvgIpc) is 2.40. The monoisotopic (exact) mass is 245 g/mol. The Morgan fingerprint density at radius 1 is 1.28 bits per heavy atom. The summed E-state index contributed by atoms with van der Waals surface area (Å²) in [7, 11) is 0. The van der Waals surface area contributed by atoms with Crippen molar-refractivity contribution < 1.29 is 14.6 Å². The zero-order valence-electron chi connectivity index (χ0n) is 9.42. The second kappa shape index (κ2) is 5.18. The second-order valence-corrected chi connectivity index (χ2v) is 3.66. The van der Waals surface area contributed by atoms with E-state index < -0.39 is 17.1 Å². The molecule has 1 aromatic carbocycles. The van der Waals surface area contributed by atoms with E-state index in [-0.39, 0.29) is 12.3 Å². The number of rotatable bonds is 3. The number of pyridine rings is 1. The standard InChI is InChI=1S/C13H11NO4/c15-11-6-10(14-7-12(11)16)13(17)18-8-9-4-2-1-3-5-9/h1-7,16H,8H2,(H,14,15). The van der Waals surface area contributed by atoms with Gasteiger partial charge >= 0.3 is 5.97 Å². The van der Waals surface area contributed by atoms with Gasteiger partial charge in [0.25, 0.3) is 0 Å². The van der Waals surface area contributed by atoms with Gasteiger partial charge in [0.2, 0.25) is 5.43 Å². The number of hydrogen-bond donors (Lipinski definition) is 2. The maximum atomic E-state index is 11.6. The number of esters is 1. The zero-order chi connectivity index (χ0) is 13.0. The minimum absolute atomic E-state index is 0.00808. The molecule has 92 valence electrons. The lowest BCUT2D eigenvalue weighted by Crippen LogP contribution is -2.11. The van der Waals surface area contributed by atoms with Crippen LogP contribution in [-0.4, -0.2) is 16.1 Å². The number of nitrogens with one attached hydrogen (secondary N) is 1. The first-order valence-electron chi connectivity index (χ1n) is 5.29. The molecular formula is C13H11NO4. The Balaban J connectivity index is 2.04. The zero-order valence-corrected chi connectivity index (χ0v) is 9.42. The van der Waals surface area contributed by atoms with Crippen molar-refractivity contribution in [1.29, 1.82) is 0 Å². The molecular weight excluding hydrogens is 234 g/mol. The first-order valence-corrected chi connectivity index (χ1v) is 5.29. The van der Waals surface area contributed by atoms with Crippen LogP contribution in [0.15, 0.2) is 47.4 Å². The summed E-state index contributed by atoms with van der Waals surface area (Å²) in [5, 5.41) is 9.04. The summed E-state index contributed by atoms with van der Waals surface area (Å²) in [5.41, 5.74) is 0.237. The Hall–Kier alpha value is -2.56. The molecule has 2 N–H and O–H groups in total. The molecule has 0 saturated carbocycles. The highest BCUT2D eigenvalue weighted by molar-refractivity contribution is 5.87. The van der Waals surface area contributed by atoms with E-state index in [2.05, 4.69) is 4.98 Å². The number of aromatic hydroxyl groups is 1. The molecule has 1 aromatic heterocycles. The fraction of sp³-hybridized carbons (Fsp3) is 0.0769. The number of H-pyrrole nitrogens is 1. The lowest BCUT2D eigenvalue weighted by atomic mass is 10.2. The second-order valence-electron chi connectivity index (χ2n) is 3.66. The van der Waals surface area contributed by atoms with E-state index in [1.165, 1.54) is 0 Å². The van der Waals surface area contributed by atoms with E-state index >= 15 is 0 Å². The summed E-state index contributed by atoms with van der Waals surface area (Å²) >= 11 is 0. The molecule has 2 rings (SSSR count). The molecule has 0 fully saturated rings. The van der Waals surface area contributed by atoms with Crippen LogP contribution in [0.3, 0.4) is 0 Å². The van der Waals surface area contributed by atoms with Crippen LogP contribution in [0.5, 0.6) is 5.75 Å². The van der Waals surface area contributed by atoms with E-state index in [1.807, 2.05) is 30.3 Å². The normalized spacial score (nSPS) is 10.0. The SMILES string of the molecule is O=C(OCc1ccccc1)c1cc(=O)c(O)c[nH]1. The van der Waals surface area contributed by atoms with Gasteiger partial charge in [0, 0.05) is 12.3 Å². The quantitative estimate of drug-likeness (QED) is 0.802. The van der Waals surface area contributed by atoms with Gasteiger partial charge < -0.3 is 14.8 Å². The Bertz CT molecular complexity index is 604. The number of carbonyl (C=O) groups is 1. The van der Waals surface area contributed by atoms with Gasteiger partial charge in [0.15, 0.2) is 5.75 Å². The Kier molecular flexibility index (Phi) is 3.43. The van der Waals surface area contributed by atoms with Gasteiger partial charge in [-0.15, -0.1) is 0 Å². The Morgan fingerprint density at radius 3 is 2.67 bits per heavy atom. The molecule has 0 radical (unpaired) electrons. The molecule has 0 unspecified atom stereocenters. The lowest BCUT2D eigenvalue weighted by Gasteiger charge is -2.04. The van der Waals surface area contributed by atoms with Crippen molar-refractivity contribution in [3.63, 3.8) is 0 Å². The first-order chi connectivity index (χ1) is 8.66. The molecule has 0 spiro atoms. The van der Waals surface area contributed by atoms with Crippen LogP contribution in [0.25, 0.3) is 0 Å². The first kappa shape index (κ1) is 11.9. The topological polar surface area (TPSA) is 79.4 Å². The minimum Gasteiger partial charge on any atom is -0.503 e. The van der Waals surface area contributed by atoms with Gasteiger partial charge in [-0.3, -0.25) is 4.79 Å². The maximum Gasteiger partial charge on any atom is 0.355 e. The molecule has 5 heteroatoms. The molecule has 0 amide bonds. The van der Waals surface area contributed by atoms with Crippen molar-refractivity contribution in [1.82, 2.24) is 4.98 Å². The van der Waals surface area contributed by atoms with Crippen molar-refractivity contribution in [2.75, 3.05) is 0 Å². The number of hydrogen-bond acceptors (Lipinski definition) is 4. The fourth-order valence-electron chi connectivity index (χ4n) is 1.38. The van der Waals surface area contributed by atoms with Gasteiger partial charge in [-0.1, -0.05) is 30.3 Å². The summed E-state index contributed by atoms with van der Waals surface area (Å²) in [5.74, 6) is -1.08. The van der Waals surface area contributed by atoms with Gasteiger partial charge in [0.05, 0.1) is 0 Å². The van der Waals surface area contributed by atoms with E-state index in [4.69, 9.17) is 9.84 Å². The van der Waals surface area contributed by atoms with Crippen LogP contribution in [0.2, 0.25) is 0 Å². The van der Waals surface area contributed by atoms with Gasteiger partial charge in [0.1, 0.15) is 12.3 Å². The minimum atomic E-state index is -0.643. The van der Waals surface area contributed by atoms with Crippen molar-refractivity contribution >= 4 is 5.97 Å². The smallest absolute Gasteiger partial charge is 0.355 e. The van der Waals surface area contributed by atoms with E-state index in [0.717, 1.165) is 17.8 Å². The van der Waals surface area contributed by atoms with Crippen LogP contribution < -0.4 is 5.43 Å². The number of aromatic nitrogens is 1. The van der Waals surface area contributed by atoms with Gasteiger partial charge in [-0.25, -0.2) is 4.79 Å². The number of aromatic amines is 1. The third-order valence-corrected chi connectivity index (χ3v) is 2.32. The van der Waals surface area contributed by atoms with Crippen LogP contribution in [0.4, 0.5) is 0 Å². The van der Waals surface area contributed by atoms with Crippen molar-refractivity contribution in [3.8, 4) is 5.75 Å². The highest BCUT2D eigenvalue weighted by atomic mass is 16.5. The third-order valence-electron chi connectivity index (χ3n) is 2.32. The highest BCUT2D eigenvalue weighted by Gasteiger charge is 2.09. The summed E-state index contributed by atoms with van der Waals surface area (Å²) in [6.45, 7) is 0.128. The Morgan fingerprint density at radius 2 is 2.00 bits per heavy atom. The largest absolute Gasteiger partial charge is 0.503 e. The van der Waals surface area contributed by atoms with Crippen LogP contribution in [0, 0.1) is 0 Å². The lowest BCUT2D eigenvalue weighted by molar-refractivity contribution is 0.0465. The molecule has 2 aromatic rings. The third kappa shape index (κ3) is 2.76. The number of benzene rings is 1. The average molecular weight is 245 g/mol. The van der Waals surface area contributed by atoms with E-state index in [9.17, 15) is 9.59 Å². The molecule has 0 saturated heterocycles.